The van der Waals surface area contributed by atoms with Crippen LogP contribution in [0.1, 0.15) is 12.5 Å². The van der Waals surface area contributed by atoms with Crippen LogP contribution in [0.5, 0.6) is 0 Å². The molecule has 80 valence electrons. The summed E-state index contributed by atoms with van der Waals surface area (Å²) in [5, 5.41) is 7.45. The molecule has 0 spiro atoms. The number of pyridine rings is 1. The second kappa shape index (κ2) is 4.87. The topological polar surface area (TPSA) is 82.8 Å². The zero-order valence-electron chi connectivity index (χ0n) is 8.21. The van der Waals surface area contributed by atoms with Gasteiger partial charge >= 0.3 is 0 Å². The Bertz CT molecular complexity index is 450. The first-order valence-corrected chi connectivity index (χ1v) is 5.88. The number of rotatable bonds is 4. The van der Waals surface area contributed by atoms with Crippen molar-refractivity contribution >= 4 is 10.0 Å². The Kier molecular flexibility index (Phi) is 3.77. The Hall–Kier alpha value is -1.45. The van der Waals surface area contributed by atoms with E-state index in [2.05, 4.69) is 9.71 Å². The normalized spacial score (nSPS) is 13.1. The third-order valence-electron chi connectivity index (χ3n) is 1.87. The first-order valence-electron chi connectivity index (χ1n) is 4.33. The van der Waals surface area contributed by atoms with E-state index in [4.69, 9.17) is 5.26 Å². The summed E-state index contributed by atoms with van der Waals surface area (Å²) in [5.74, 6) is 0. The van der Waals surface area contributed by atoms with Crippen LogP contribution in [-0.2, 0) is 16.6 Å². The van der Waals surface area contributed by atoms with E-state index in [-0.39, 0.29) is 6.54 Å². The highest BCUT2D eigenvalue weighted by Crippen LogP contribution is 2.00. The molecule has 1 unspecified atom stereocenters. The smallest absolute Gasteiger partial charge is 0.227 e. The fourth-order valence-corrected chi connectivity index (χ4v) is 1.64. The van der Waals surface area contributed by atoms with Crippen LogP contribution < -0.4 is 4.72 Å². The number of sulfonamides is 1. The van der Waals surface area contributed by atoms with Crippen molar-refractivity contribution in [3.63, 3.8) is 0 Å². The van der Waals surface area contributed by atoms with Gasteiger partial charge in [-0.25, -0.2) is 13.1 Å². The van der Waals surface area contributed by atoms with Crippen molar-refractivity contribution < 1.29 is 8.42 Å². The van der Waals surface area contributed by atoms with Gasteiger partial charge in [0.1, 0.15) is 0 Å². The molecule has 0 aliphatic rings. The lowest BCUT2D eigenvalue weighted by molar-refractivity contribution is 0.577. The predicted octanol–water partition coefficient (Wildman–Crippen LogP) is 0.413. The Morgan fingerprint density at radius 2 is 2.13 bits per heavy atom. The van der Waals surface area contributed by atoms with Crippen molar-refractivity contribution in [2.24, 2.45) is 0 Å². The van der Waals surface area contributed by atoms with Crippen molar-refractivity contribution in [2.75, 3.05) is 0 Å². The number of nitrogens with zero attached hydrogens (tertiary/aromatic N) is 2. The highest BCUT2D eigenvalue weighted by molar-refractivity contribution is 7.90. The van der Waals surface area contributed by atoms with Gasteiger partial charge in [-0.15, -0.1) is 0 Å². The van der Waals surface area contributed by atoms with E-state index >= 15 is 0 Å². The maximum absolute atomic E-state index is 11.4. The highest BCUT2D eigenvalue weighted by atomic mass is 32.2. The van der Waals surface area contributed by atoms with E-state index in [9.17, 15) is 8.42 Å². The van der Waals surface area contributed by atoms with Crippen LogP contribution in [-0.4, -0.2) is 18.7 Å². The molecule has 0 radical (unpaired) electrons. The van der Waals surface area contributed by atoms with Gasteiger partial charge in [-0.05, 0) is 24.6 Å². The van der Waals surface area contributed by atoms with Gasteiger partial charge in [-0.1, -0.05) is 0 Å². The van der Waals surface area contributed by atoms with Gasteiger partial charge in [0.05, 0.1) is 6.07 Å². The summed E-state index contributed by atoms with van der Waals surface area (Å²) in [7, 11) is -3.54. The Morgan fingerprint density at radius 3 is 2.67 bits per heavy atom. The van der Waals surface area contributed by atoms with Crippen LogP contribution in [0.2, 0.25) is 0 Å². The van der Waals surface area contributed by atoms with Crippen molar-refractivity contribution in [1.82, 2.24) is 9.71 Å². The SMILES string of the molecule is CC(C#N)S(=O)(=O)NCc1ccncc1. The summed E-state index contributed by atoms with van der Waals surface area (Å²) < 4.78 is 25.1. The molecule has 0 saturated carbocycles. The summed E-state index contributed by atoms with van der Waals surface area (Å²) in [4.78, 5) is 3.81. The highest BCUT2D eigenvalue weighted by Gasteiger charge is 2.18. The van der Waals surface area contributed by atoms with Gasteiger partial charge < -0.3 is 0 Å². The molecule has 1 aromatic heterocycles. The van der Waals surface area contributed by atoms with Gasteiger partial charge in [-0.3, -0.25) is 4.98 Å². The molecule has 0 aromatic carbocycles. The predicted molar refractivity (Wildman–Crippen MR) is 55.1 cm³/mol. The number of nitrogens with one attached hydrogen (secondary N) is 1. The summed E-state index contributed by atoms with van der Waals surface area (Å²) in [6.45, 7) is 1.52. The molecule has 1 heterocycles. The van der Waals surface area contributed by atoms with E-state index < -0.39 is 15.3 Å². The van der Waals surface area contributed by atoms with Crippen LogP contribution in [0.25, 0.3) is 0 Å². The molecule has 15 heavy (non-hydrogen) atoms. The third kappa shape index (κ3) is 3.31. The fourth-order valence-electron chi connectivity index (χ4n) is 0.879. The molecule has 0 aliphatic carbocycles. The quantitative estimate of drug-likeness (QED) is 0.804. The van der Waals surface area contributed by atoms with Crippen molar-refractivity contribution in [3.05, 3.63) is 30.1 Å². The van der Waals surface area contributed by atoms with Crippen LogP contribution in [0, 0.1) is 11.3 Å². The molecule has 6 heteroatoms. The van der Waals surface area contributed by atoms with E-state index in [0.717, 1.165) is 5.56 Å². The summed E-state index contributed by atoms with van der Waals surface area (Å²) in [5.41, 5.74) is 0.804. The lowest BCUT2D eigenvalue weighted by atomic mass is 10.3. The zero-order chi connectivity index (χ0) is 11.3. The van der Waals surface area contributed by atoms with E-state index in [0.29, 0.717) is 0 Å². The molecular formula is C9H11N3O2S. The van der Waals surface area contributed by atoms with Crippen LogP contribution in [0.4, 0.5) is 0 Å². The van der Waals surface area contributed by atoms with Crippen LogP contribution in [0.15, 0.2) is 24.5 Å². The van der Waals surface area contributed by atoms with Gasteiger partial charge in [-0.2, -0.15) is 5.26 Å². The van der Waals surface area contributed by atoms with Crippen molar-refractivity contribution in [3.8, 4) is 6.07 Å². The molecule has 1 rings (SSSR count). The second-order valence-electron chi connectivity index (χ2n) is 2.99. The molecule has 0 amide bonds. The summed E-state index contributed by atoms with van der Waals surface area (Å²) in [6, 6.07) is 5.09. The average Bonchev–Trinajstić information content (AvgIpc) is 2.27. The van der Waals surface area contributed by atoms with Crippen molar-refractivity contribution in [1.29, 1.82) is 5.26 Å². The van der Waals surface area contributed by atoms with Crippen LogP contribution >= 0.6 is 0 Å². The van der Waals surface area contributed by atoms with E-state index in [1.54, 1.807) is 30.6 Å². The lowest BCUT2D eigenvalue weighted by Crippen LogP contribution is -2.31. The maximum atomic E-state index is 11.4. The minimum absolute atomic E-state index is 0.177. The van der Waals surface area contributed by atoms with Gasteiger partial charge in [0.25, 0.3) is 0 Å². The summed E-state index contributed by atoms with van der Waals surface area (Å²) in [6.07, 6.45) is 3.16. The molecule has 0 fully saturated rings. The average molecular weight is 225 g/mol. The van der Waals surface area contributed by atoms with Crippen molar-refractivity contribution in [2.45, 2.75) is 18.7 Å². The van der Waals surface area contributed by atoms with E-state index in [1.807, 2.05) is 0 Å². The maximum Gasteiger partial charge on any atom is 0.227 e. The van der Waals surface area contributed by atoms with Crippen LogP contribution in [0.3, 0.4) is 0 Å². The van der Waals surface area contributed by atoms with Gasteiger partial charge in [0.15, 0.2) is 5.25 Å². The van der Waals surface area contributed by atoms with Gasteiger partial charge in [0, 0.05) is 18.9 Å². The van der Waals surface area contributed by atoms with Gasteiger partial charge in [0.2, 0.25) is 10.0 Å². The second-order valence-corrected chi connectivity index (χ2v) is 5.08. The molecule has 0 aliphatic heterocycles. The molecule has 5 nitrogen and oxygen atoms in total. The fraction of sp³-hybridized carbons (Fsp3) is 0.333. The monoisotopic (exact) mass is 225 g/mol. The molecule has 1 atom stereocenters. The first kappa shape index (κ1) is 11.6. The largest absolute Gasteiger partial charge is 0.265 e. The number of hydrogen-bond donors (Lipinski definition) is 1. The number of nitriles is 1. The third-order valence-corrected chi connectivity index (χ3v) is 3.46. The number of aromatic nitrogens is 1. The molecule has 1 N–H and O–H groups in total. The number of hydrogen-bond acceptors (Lipinski definition) is 4. The minimum Gasteiger partial charge on any atom is -0.265 e. The Labute approximate surface area is 88.8 Å². The molecule has 0 saturated heterocycles. The molecular weight excluding hydrogens is 214 g/mol. The standard InChI is InChI=1S/C9H11N3O2S/c1-8(6-10)15(13,14)12-7-9-2-4-11-5-3-9/h2-5,8,12H,7H2,1H3. The first-order chi connectivity index (χ1) is 7.06. The zero-order valence-corrected chi connectivity index (χ0v) is 9.03. The molecule has 1 aromatic rings. The molecule has 0 bridgehead atoms. The van der Waals surface area contributed by atoms with E-state index in [1.165, 1.54) is 6.92 Å². The lowest BCUT2D eigenvalue weighted by Gasteiger charge is -2.07. The summed E-state index contributed by atoms with van der Waals surface area (Å²) >= 11 is 0. The Balaban J connectivity index is 2.63. The Morgan fingerprint density at radius 1 is 1.53 bits per heavy atom. The minimum atomic E-state index is -3.54.